The molecule has 0 bridgehead atoms. The molecule has 0 atom stereocenters. The van der Waals surface area contributed by atoms with Crippen molar-refractivity contribution in [3.8, 4) is 0 Å². The van der Waals surface area contributed by atoms with Gasteiger partial charge in [-0.25, -0.2) is 5.43 Å². The zero-order valence-corrected chi connectivity index (χ0v) is 8.90. The van der Waals surface area contributed by atoms with Crippen molar-refractivity contribution in [3.05, 3.63) is 35.4 Å². The molecule has 1 aliphatic rings. The molecule has 3 nitrogen and oxygen atoms in total. The third-order valence-electron chi connectivity index (χ3n) is 2.37. The molecule has 0 aromatic heterocycles. The summed E-state index contributed by atoms with van der Waals surface area (Å²) in [5.74, 6) is 0. The summed E-state index contributed by atoms with van der Waals surface area (Å²) >= 11 is 5.16. The first-order valence-corrected chi connectivity index (χ1v) is 5.01. The summed E-state index contributed by atoms with van der Waals surface area (Å²) in [6.45, 7) is 1.67. The molecule has 0 radical (unpaired) electrons. The first kappa shape index (κ1) is 9.43. The topological polar surface area (TPSA) is 27.3 Å². The predicted octanol–water partition coefficient (Wildman–Crippen LogP) is 1.01. The Balaban J connectivity index is 2.17. The van der Waals surface area contributed by atoms with Gasteiger partial charge in [0.25, 0.3) is 0 Å². The maximum Gasteiger partial charge on any atom is 0.183 e. The molecule has 0 unspecified atom stereocenters. The van der Waals surface area contributed by atoms with Crippen LogP contribution in [0.15, 0.2) is 24.3 Å². The smallest absolute Gasteiger partial charge is 0.183 e. The summed E-state index contributed by atoms with van der Waals surface area (Å²) < 4.78 is 0. The van der Waals surface area contributed by atoms with Gasteiger partial charge in [0.2, 0.25) is 0 Å². The maximum absolute atomic E-state index is 5.16. The third-order valence-corrected chi connectivity index (χ3v) is 2.79. The first-order valence-electron chi connectivity index (χ1n) is 4.61. The molecule has 0 aliphatic carbocycles. The van der Waals surface area contributed by atoms with Crippen molar-refractivity contribution < 1.29 is 0 Å². The fourth-order valence-electron chi connectivity index (χ4n) is 1.57. The minimum Gasteiger partial charge on any atom is -0.365 e. The molecule has 0 spiro atoms. The van der Waals surface area contributed by atoms with Crippen molar-refractivity contribution in [3.63, 3.8) is 0 Å². The second kappa shape index (κ2) is 3.94. The molecular formula is C10H13N3S. The van der Waals surface area contributed by atoms with Gasteiger partial charge in [0.15, 0.2) is 5.11 Å². The fourth-order valence-corrected chi connectivity index (χ4v) is 1.70. The number of fused-ring (bicyclic) bond motifs is 1. The Labute approximate surface area is 89.1 Å². The van der Waals surface area contributed by atoms with Crippen LogP contribution in [0.1, 0.15) is 11.1 Å². The lowest BCUT2D eigenvalue weighted by Crippen LogP contribution is -2.48. The Morgan fingerprint density at radius 1 is 1.43 bits per heavy atom. The van der Waals surface area contributed by atoms with Gasteiger partial charge in [0.1, 0.15) is 0 Å². The van der Waals surface area contributed by atoms with E-state index in [2.05, 4.69) is 35.0 Å². The summed E-state index contributed by atoms with van der Waals surface area (Å²) in [6.07, 6.45) is 0. The molecule has 1 aliphatic heterocycles. The molecule has 2 rings (SSSR count). The summed E-state index contributed by atoms with van der Waals surface area (Å²) in [5.41, 5.74) is 5.94. The predicted molar refractivity (Wildman–Crippen MR) is 60.5 cm³/mol. The van der Waals surface area contributed by atoms with Crippen LogP contribution in [-0.4, -0.2) is 17.2 Å². The minimum atomic E-state index is 0.736. The van der Waals surface area contributed by atoms with Crippen molar-refractivity contribution in [2.75, 3.05) is 7.05 Å². The van der Waals surface area contributed by atoms with Gasteiger partial charge >= 0.3 is 0 Å². The average Bonchev–Trinajstić information content (AvgIpc) is 2.27. The first-order chi connectivity index (χ1) is 6.81. The molecule has 1 aromatic rings. The van der Waals surface area contributed by atoms with E-state index in [1.807, 2.05) is 12.1 Å². The highest BCUT2D eigenvalue weighted by atomic mass is 32.1. The van der Waals surface area contributed by atoms with E-state index in [4.69, 9.17) is 12.2 Å². The lowest BCUT2D eigenvalue weighted by atomic mass is 10.1. The van der Waals surface area contributed by atoms with Gasteiger partial charge in [-0.3, -0.25) is 5.01 Å². The molecule has 74 valence electrons. The number of hydrogen-bond donors (Lipinski definition) is 2. The number of nitrogens with zero attached hydrogens (tertiary/aromatic N) is 1. The monoisotopic (exact) mass is 207 g/mol. The van der Waals surface area contributed by atoms with Crippen molar-refractivity contribution in [1.29, 1.82) is 0 Å². The zero-order chi connectivity index (χ0) is 9.97. The van der Waals surface area contributed by atoms with Gasteiger partial charge in [-0.2, -0.15) is 0 Å². The molecule has 2 N–H and O–H groups in total. The second-order valence-corrected chi connectivity index (χ2v) is 3.63. The second-order valence-electron chi connectivity index (χ2n) is 3.24. The lowest BCUT2D eigenvalue weighted by molar-refractivity contribution is 0.273. The van der Waals surface area contributed by atoms with Gasteiger partial charge in [-0.15, -0.1) is 0 Å². The number of benzene rings is 1. The molecule has 0 saturated carbocycles. The van der Waals surface area contributed by atoms with E-state index in [9.17, 15) is 0 Å². The van der Waals surface area contributed by atoms with Gasteiger partial charge in [-0.1, -0.05) is 24.3 Å². The van der Waals surface area contributed by atoms with E-state index in [1.165, 1.54) is 11.1 Å². The number of nitrogens with one attached hydrogen (secondary N) is 2. The Bertz CT molecular complexity index is 351. The fraction of sp³-hybridized carbons (Fsp3) is 0.300. The van der Waals surface area contributed by atoms with E-state index in [-0.39, 0.29) is 0 Å². The van der Waals surface area contributed by atoms with Crippen molar-refractivity contribution in [2.45, 2.75) is 13.1 Å². The van der Waals surface area contributed by atoms with Crippen LogP contribution in [0.2, 0.25) is 0 Å². The Hall–Kier alpha value is -1.13. The van der Waals surface area contributed by atoms with Crippen LogP contribution in [0, 0.1) is 0 Å². The normalized spacial score (nSPS) is 14.8. The molecule has 14 heavy (non-hydrogen) atoms. The molecule has 0 fully saturated rings. The van der Waals surface area contributed by atoms with Gasteiger partial charge < -0.3 is 5.32 Å². The van der Waals surface area contributed by atoms with Gasteiger partial charge in [0, 0.05) is 13.6 Å². The van der Waals surface area contributed by atoms with Crippen molar-refractivity contribution in [2.24, 2.45) is 0 Å². The summed E-state index contributed by atoms with van der Waals surface area (Å²) in [7, 11) is 1.84. The number of thiocarbonyl (C=S) groups is 1. The largest absolute Gasteiger partial charge is 0.365 e. The third kappa shape index (κ3) is 1.71. The van der Waals surface area contributed by atoms with E-state index in [0.29, 0.717) is 0 Å². The molecule has 1 heterocycles. The SMILES string of the molecule is CNC(=S)N1Cc2ccccc2CN1. The molecule has 1 aromatic carbocycles. The Morgan fingerprint density at radius 2 is 2.14 bits per heavy atom. The van der Waals surface area contributed by atoms with Crippen molar-refractivity contribution in [1.82, 2.24) is 15.8 Å². The zero-order valence-electron chi connectivity index (χ0n) is 8.08. The van der Waals surface area contributed by atoms with E-state index in [0.717, 1.165) is 18.2 Å². The number of hydrazine groups is 1. The summed E-state index contributed by atoms with van der Waals surface area (Å²) in [5, 5.41) is 5.65. The Kier molecular flexibility index (Phi) is 2.65. The molecular weight excluding hydrogens is 194 g/mol. The standard InChI is InChI=1S/C10H13N3S/c1-11-10(14)13-7-9-5-3-2-4-8(9)6-12-13/h2-5,12H,6-7H2,1H3,(H,11,14). The van der Waals surface area contributed by atoms with Crippen LogP contribution in [0.25, 0.3) is 0 Å². The van der Waals surface area contributed by atoms with Crippen molar-refractivity contribution >= 4 is 17.3 Å². The highest BCUT2D eigenvalue weighted by molar-refractivity contribution is 7.80. The average molecular weight is 207 g/mol. The highest BCUT2D eigenvalue weighted by Crippen LogP contribution is 2.15. The Morgan fingerprint density at radius 3 is 2.86 bits per heavy atom. The highest BCUT2D eigenvalue weighted by Gasteiger charge is 2.16. The summed E-state index contributed by atoms with van der Waals surface area (Å²) in [4.78, 5) is 0. The number of hydrogen-bond acceptors (Lipinski definition) is 2. The molecule has 0 saturated heterocycles. The lowest BCUT2D eigenvalue weighted by Gasteiger charge is -2.31. The van der Waals surface area contributed by atoms with Crippen LogP contribution in [0.5, 0.6) is 0 Å². The molecule has 0 amide bonds. The summed E-state index contributed by atoms with van der Waals surface area (Å²) in [6, 6.07) is 8.40. The van der Waals surface area contributed by atoms with Crippen LogP contribution in [0.3, 0.4) is 0 Å². The van der Waals surface area contributed by atoms with E-state index >= 15 is 0 Å². The van der Waals surface area contributed by atoms with Crippen LogP contribution >= 0.6 is 12.2 Å². The van der Waals surface area contributed by atoms with Crippen LogP contribution in [0.4, 0.5) is 0 Å². The van der Waals surface area contributed by atoms with Crippen LogP contribution in [-0.2, 0) is 13.1 Å². The van der Waals surface area contributed by atoms with E-state index in [1.54, 1.807) is 0 Å². The quantitative estimate of drug-likeness (QED) is 0.621. The van der Waals surface area contributed by atoms with E-state index < -0.39 is 0 Å². The van der Waals surface area contributed by atoms with Gasteiger partial charge in [-0.05, 0) is 23.3 Å². The minimum absolute atomic E-state index is 0.736. The maximum atomic E-state index is 5.16. The van der Waals surface area contributed by atoms with Gasteiger partial charge in [0.05, 0.1) is 6.54 Å². The molecule has 4 heteroatoms. The van der Waals surface area contributed by atoms with Crippen LogP contribution < -0.4 is 10.7 Å². The number of rotatable bonds is 0.